The number of hydrogen-bond acceptors (Lipinski definition) is 8. The molecule has 0 atom stereocenters. The SMILES string of the molecule is CC(=O)NCc1ccc(-c2nc(NC(=O)c3ccc(N4CCCC4)c([N+](=O)[O-])c3)sc2C)s1. The number of thiophene rings is 1. The highest BCUT2D eigenvalue weighted by molar-refractivity contribution is 7.18. The lowest BCUT2D eigenvalue weighted by molar-refractivity contribution is -0.384. The van der Waals surface area contributed by atoms with Crippen molar-refractivity contribution in [3.8, 4) is 10.6 Å². The number of hydrogen-bond donors (Lipinski definition) is 2. The second-order valence-electron chi connectivity index (χ2n) is 7.71. The third-order valence-electron chi connectivity index (χ3n) is 5.30. The van der Waals surface area contributed by atoms with Crippen LogP contribution in [0.4, 0.5) is 16.5 Å². The van der Waals surface area contributed by atoms with Crippen molar-refractivity contribution in [1.82, 2.24) is 10.3 Å². The molecule has 1 fully saturated rings. The molecule has 0 saturated carbocycles. The fraction of sp³-hybridized carbons (Fsp3) is 0.318. The summed E-state index contributed by atoms with van der Waals surface area (Å²) in [4.78, 5) is 44.5. The van der Waals surface area contributed by atoms with E-state index >= 15 is 0 Å². The topological polar surface area (TPSA) is 117 Å². The standard InChI is InChI=1S/C22H23N5O4S2/c1-13-20(19-8-6-16(33-19)12-23-14(2)28)24-22(32-13)25-21(29)15-5-7-17(18(11-15)27(30)31)26-9-3-4-10-26/h5-8,11H,3-4,9-10,12H2,1-2H3,(H,23,28)(H,24,25,29). The van der Waals surface area contributed by atoms with Crippen LogP contribution in [0, 0.1) is 17.0 Å². The van der Waals surface area contributed by atoms with E-state index in [1.165, 1.54) is 35.7 Å². The summed E-state index contributed by atoms with van der Waals surface area (Å²) < 4.78 is 0. The number of nitro groups is 1. The van der Waals surface area contributed by atoms with Crippen LogP contribution in [-0.2, 0) is 11.3 Å². The Morgan fingerprint density at radius 2 is 1.94 bits per heavy atom. The highest BCUT2D eigenvalue weighted by Crippen LogP contribution is 2.35. The van der Waals surface area contributed by atoms with Crippen LogP contribution in [0.15, 0.2) is 30.3 Å². The summed E-state index contributed by atoms with van der Waals surface area (Å²) in [5.41, 5.74) is 1.47. The van der Waals surface area contributed by atoms with Gasteiger partial charge in [-0.05, 0) is 44.0 Å². The molecule has 172 valence electrons. The van der Waals surface area contributed by atoms with Gasteiger partial charge in [0.05, 0.1) is 22.0 Å². The number of aryl methyl sites for hydroxylation is 1. The monoisotopic (exact) mass is 485 g/mol. The molecule has 0 spiro atoms. The van der Waals surface area contributed by atoms with Crippen molar-refractivity contribution in [3.63, 3.8) is 0 Å². The second kappa shape index (κ2) is 9.67. The van der Waals surface area contributed by atoms with Crippen LogP contribution in [-0.4, -0.2) is 34.8 Å². The summed E-state index contributed by atoms with van der Waals surface area (Å²) in [5.74, 6) is -0.530. The third-order valence-corrected chi connectivity index (χ3v) is 7.28. The van der Waals surface area contributed by atoms with E-state index in [1.54, 1.807) is 12.1 Å². The summed E-state index contributed by atoms with van der Waals surface area (Å²) in [6.07, 6.45) is 2.01. The van der Waals surface area contributed by atoms with Crippen molar-refractivity contribution >= 4 is 51.0 Å². The molecule has 1 aromatic carbocycles. The number of nitrogens with zero attached hydrogens (tertiary/aromatic N) is 3. The van der Waals surface area contributed by atoms with E-state index in [9.17, 15) is 19.7 Å². The lowest BCUT2D eigenvalue weighted by Crippen LogP contribution is -2.19. The molecular weight excluding hydrogens is 462 g/mol. The number of amides is 2. The Bertz CT molecular complexity index is 1210. The van der Waals surface area contributed by atoms with Gasteiger partial charge in [0.25, 0.3) is 11.6 Å². The Balaban J connectivity index is 1.51. The maximum Gasteiger partial charge on any atom is 0.293 e. The lowest BCUT2D eigenvalue weighted by atomic mass is 10.1. The Kier molecular flexibility index (Phi) is 6.70. The van der Waals surface area contributed by atoms with Gasteiger partial charge in [-0.2, -0.15) is 0 Å². The minimum atomic E-state index is -0.441. The van der Waals surface area contributed by atoms with Gasteiger partial charge in [-0.25, -0.2) is 4.98 Å². The third kappa shape index (κ3) is 5.20. The van der Waals surface area contributed by atoms with Crippen molar-refractivity contribution in [2.45, 2.75) is 33.2 Å². The van der Waals surface area contributed by atoms with E-state index in [-0.39, 0.29) is 17.2 Å². The summed E-state index contributed by atoms with van der Waals surface area (Å²) in [5, 5.41) is 17.6. The van der Waals surface area contributed by atoms with Crippen molar-refractivity contribution in [3.05, 3.63) is 55.8 Å². The Hall–Kier alpha value is -3.31. The maximum absolute atomic E-state index is 12.8. The first-order valence-electron chi connectivity index (χ1n) is 10.5. The molecule has 2 aromatic heterocycles. The predicted octanol–water partition coefficient (Wildman–Crippen LogP) is 4.58. The molecule has 3 heterocycles. The number of thiazole rings is 1. The zero-order valence-electron chi connectivity index (χ0n) is 18.2. The quantitative estimate of drug-likeness (QED) is 0.374. The zero-order valence-corrected chi connectivity index (χ0v) is 19.8. The van der Waals surface area contributed by atoms with Crippen molar-refractivity contribution in [2.75, 3.05) is 23.3 Å². The fourth-order valence-electron chi connectivity index (χ4n) is 3.70. The van der Waals surface area contributed by atoms with Gasteiger partial charge in [0.1, 0.15) is 5.69 Å². The fourth-order valence-corrected chi connectivity index (χ4v) is 5.58. The second-order valence-corrected chi connectivity index (χ2v) is 10.1. The van der Waals surface area contributed by atoms with Crippen molar-refractivity contribution < 1.29 is 14.5 Å². The van der Waals surface area contributed by atoms with Gasteiger partial charge in [-0.3, -0.25) is 25.0 Å². The Morgan fingerprint density at radius 3 is 2.64 bits per heavy atom. The van der Waals surface area contributed by atoms with E-state index in [4.69, 9.17) is 0 Å². The van der Waals surface area contributed by atoms with E-state index < -0.39 is 10.8 Å². The van der Waals surface area contributed by atoms with E-state index in [2.05, 4.69) is 15.6 Å². The Morgan fingerprint density at radius 1 is 1.18 bits per heavy atom. The number of aromatic nitrogens is 1. The first-order valence-corrected chi connectivity index (χ1v) is 12.1. The number of carbonyl (C=O) groups excluding carboxylic acids is 2. The Labute approximate surface area is 198 Å². The first kappa shape index (κ1) is 22.9. The van der Waals surface area contributed by atoms with E-state index in [1.807, 2.05) is 24.0 Å². The number of nitro benzene ring substituents is 1. The molecule has 11 heteroatoms. The molecule has 0 radical (unpaired) electrons. The zero-order chi connectivity index (χ0) is 23.5. The number of rotatable bonds is 7. The van der Waals surface area contributed by atoms with Crippen LogP contribution in [0.5, 0.6) is 0 Å². The molecule has 0 unspecified atom stereocenters. The summed E-state index contributed by atoms with van der Waals surface area (Å²) >= 11 is 2.87. The number of benzene rings is 1. The number of anilines is 2. The lowest BCUT2D eigenvalue weighted by Gasteiger charge is -2.17. The van der Waals surface area contributed by atoms with Crippen LogP contribution in [0.2, 0.25) is 0 Å². The molecule has 0 aliphatic carbocycles. The molecule has 33 heavy (non-hydrogen) atoms. The summed E-state index contributed by atoms with van der Waals surface area (Å²) in [6.45, 7) is 5.42. The normalized spacial score (nSPS) is 13.2. The van der Waals surface area contributed by atoms with E-state index in [0.717, 1.165) is 46.3 Å². The van der Waals surface area contributed by atoms with Gasteiger partial charge >= 0.3 is 0 Å². The molecule has 2 amide bonds. The minimum absolute atomic E-state index is 0.0640. The van der Waals surface area contributed by atoms with Gasteiger partial charge in [-0.15, -0.1) is 22.7 Å². The summed E-state index contributed by atoms with van der Waals surface area (Å²) in [7, 11) is 0. The summed E-state index contributed by atoms with van der Waals surface area (Å²) in [6, 6.07) is 8.48. The molecule has 3 aromatic rings. The van der Waals surface area contributed by atoms with Gasteiger partial charge in [-0.1, -0.05) is 0 Å². The molecule has 1 saturated heterocycles. The smallest absolute Gasteiger partial charge is 0.293 e. The molecule has 1 aliphatic heterocycles. The maximum atomic E-state index is 12.8. The van der Waals surface area contributed by atoms with Gasteiger partial charge in [0.15, 0.2) is 5.13 Å². The molecule has 1 aliphatic rings. The van der Waals surface area contributed by atoms with Crippen LogP contribution < -0.4 is 15.5 Å². The average Bonchev–Trinajstić information content (AvgIpc) is 3.53. The molecule has 9 nitrogen and oxygen atoms in total. The average molecular weight is 486 g/mol. The van der Waals surface area contributed by atoms with Crippen molar-refractivity contribution in [2.24, 2.45) is 0 Å². The highest BCUT2D eigenvalue weighted by Gasteiger charge is 2.24. The largest absolute Gasteiger partial charge is 0.366 e. The van der Waals surface area contributed by atoms with Gasteiger partial charge < -0.3 is 10.2 Å². The highest BCUT2D eigenvalue weighted by atomic mass is 32.1. The number of nitrogens with one attached hydrogen (secondary N) is 2. The van der Waals surface area contributed by atoms with Crippen LogP contribution in [0.25, 0.3) is 10.6 Å². The first-order chi connectivity index (χ1) is 15.8. The van der Waals surface area contributed by atoms with Crippen LogP contribution in [0.1, 0.15) is 39.9 Å². The van der Waals surface area contributed by atoms with E-state index in [0.29, 0.717) is 17.4 Å². The number of carbonyl (C=O) groups is 2. The van der Waals surface area contributed by atoms with Gasteiger partial charge in [0, 0.05) is 41.4 Å². The molecular formula is C22H23N5O4S2. The molecule has 0 bridgehead atoms. The van der Waals surface area contributed by atoms with Crippen molar-refractivity contribution in [1.29, 1.82) is 0 Å². The van der Waals surface area contributed by atoms with Crippen LogP contribution in [0.3, 0.4) is 0 Å². The minimum Gasteiger partial charge on any atom is -0.366 e. The molecule has 2 N–H and O–H groups in total. The molecule has 4 rings (SSSR count). The van der Waals surface area contributed by atoms with Gasteiger partial charge in [0.2, 0.25) is 5.91 Å². The van der Waals surface area contributed by atoms with Crippen LogP contribution >= 0.6 is 22.7 Å². The predicted molar refractivity (Wildman–Crippen MR) is 130 cm³/mol.